The van der Waals surface area contributed by atoms with Gasteiger partial charge in [-0.3, -0.25) is 9.36 Å². The van der Waals surface area contributed by atoms with Gasteiger partial charge in [-0.05, 0) is 43.5 Å². The third-order valence-corrected chi connectivity index (χ3v) is 5.15. The van der Waals surface area contributed by atoms with E-state index in [2.05, 4.69) is 28.5 Å². The van der Waals surface area contributed by atoms with E-state index in [1.165, 1.54) is 17.3 Å². The fraction of sp³-hybridized carbons (Fsp3) is 0.250. The lowest BCUT2D eigenvalue weighted by molar-refractivity contribution is -0.118. The molecule has 0 aliphatic carbocycles. The smallest absolute Gasteiger partial charge is 0.230 e. The summed E-state index contributed by atoms with van der Waals surface area (Å²) < 4.78 is 1.99. The molecule has 0 aliphatic heterocycles. The number of thioether (sulfide) groups is 1. The molecular weight excluding hydrogens is 344 g/mol. The normalized spacial score (nSPS) is 10.7. The molecule has 5 nitrogen and oxygen atoms in total. The lowest BCUT2D eigenvalue weighted by Crippen LogP contribution is -2.25. The van der Waals surface area contributed by atoms with Crippen molar-refractivity contribution >= 4 is 17.7 Å². The van der Waals surface area contributed by atoms with Crippen LogP contribution in [0.3, 0.4) is 0 Å². The zero-order valence-corrected chi connectivity index (χ0v) is 16.0. The van der Waals surface area contributed by atoms with Crippen LogP contribution in [0, 0.1) is 20.8 Å². The van der Waals surface area contributed by atoms with Gasteiger partial charge in [0.05, 0.1) is 11.4 Å². The average molecular weight is 366 g/mol. The quantitative estimate of drug-likeness (QED) is 0.677. The van der Waals surface area contributed by atoms with Gasteiger partial charge in [0.15, 0.2) is 5.16 Å². The van der Waals surface area contributed by atoms with Crippen molar-refractivity contribution in [2.75, 3.05) is 5.75 Å². The lowest BCUT2D eigenvalue weighted by Gasteiger charge is -2.11. The van der Waals surface area contributed by atoms with Crippen LogP contribution in [-0.2, 0) is 11.3 Å². The second kappa shape index (κ2) is 8.19. The van der Waals surface area contributed by atoms with Crippen molar-refractivity contribution in [1.29, 1.82) is 0 Å². The number of para-hydroxylation sites is 1. The molecule has 134 valence electrons. The molecule has 3 rings (SSSR count). The minimum Gasteiger partial charge on any atom is -0.351 e. The molecule has 0 atom stereocenters. The minimum atomic E-state index is -0.0183. The van der Waals surface area contributed by atoms with Gasteiger partial charge >= 0.3 is 0 Å². The second-order valence-electron chi connectivity index (χ2n) is 6.14. The van der Waals surface area contributed by atoms with Gasteiger partial charge in [0.1, 0.15) is 5.82 Å². The van der Waals surface area contributed by atoms with Crippen LogP contribution in [0.5, 0.6) is 0 Å². The molecule has 0 aliphatic rings. The van der Waals surface area contributed by atoms with Crippen LogP contribution in [0.25, 0.3) is 5.69 Å². The molecule has 1 heterocycles. The third-order valence-electron chi connectivity index (χ3n) is 4.22. The predicted octanol–water partition coefficient (Wildman–Crippen LogP) is 3.60. The summed E-state index contributed by atoms with van der Waals surface area (Å²) in [5.74, 6) is 1.09. The number of carbonyl (C=O) groups excluding carboxylic acids is 1. The van der Waals surface area contributed by atoms with Gasteiger partial charge in [0.2, 0.25) is 5.91 Å². The number of nitrogens with one attached hydrogen (secondary N) is 1. The third kappa shape index (κ3) is 4.14. The SMILES string of the molecule is Cc1ccccc1CNC(=O)CSc1nnc(C)n1-c1ccccc1C. The molecule has 0 saturated heterocycles. The van der Waals surface area contributed by atoms with Crippen LogP contribution in [0.1, 0.15) is 22.5 Å². The first-order valence-electron chi connectivity index (χ1n) is 8.48. The van der Waals surface area contributed by atoms with Crippen molar-refractivity contribution in [3.63, 3.8) is 0 Å². The van der Waals surface area contributed by atoms with Gasteiger partial charge in [-0.1, -0.05) is 54.2 Å². The standard InChI is InChI=1S/C20H22N4OS/c1-14-8-4-6-10-17(14)12-21-19(25)13-26-20-23-22-16(3)24(20)18-11-7-5-9-15(18)2/h4-11H,12-13H2,1-3H3,(H,21,25). The Morgan fingerprint density at radius 1 is 1.00 bits per heavy atom. The monoisotopic (exact) mass is 366 g/mol. The molecule has 1 N–H and O–H groups in total. The molecule has 0 fully saturated rings. The van der Waals surface area contributed by atoms with Crippen LogP contribution >= 0.6 is 11.8 Å². The molecule has 26 heavy (non-hydrogen) atoms. The zero-order chi connectivity index (χ0) is 18.5. The van der Waals surface area contributed by atoms with E-state index in [0.29, 0.717) is 12.3 Å². The number of rotatable bonds is 6. The Balaban J connectivity index is 1.65. The lowest BCUT2D eigenvalue weighted by atomic mass is 10.1. The van der Waals surface area contributed by atoms with Crippen LogP contribution in [0.4, 0.5) is 0 Å². The molecule has 0 spiro atoms. The predicted molar refractivity (Wildman–Crippen MR) is 105 cm³/mol. The highest BCUT2D eigenvalue weighted by atomic mass is 32.2. The van der Waals surface area contributed by atoms with Gasteiger partial charge in [0, 0.05) is 6.54 Å². The largest absolute Gasteiger partial charge is 0.351 e. The fourth-order valence-electron chi connectivity index (χ4n) is 2.71. The molecular formula is C20H22N4OS. The average Bonchev–Trinajstić information content (AvgIpc) is 3.00. The number of nitrogens with zero attached hydrogens (tertiary/aromatic N) is 3. The summed E-state index contributed by atoms with van der Waals surface area (Å²) in [6.07, 6.45) is 0. The molecule has 0 bridgehead atoms. The highest BCUT2D eigenvalue weighted by Gasteiger charge is 2.14. The first kappa shape index (κ1) is 18.2. The van der Waals surface area contributed by atoms with Gasteiger partial charge in [-0.25, -0.2) is 0 Å². The summed E-state index contributed by atoms with van der Waals surface area (Å²) in [6.45, 7) is 6.55. The van der Waals surface area contributed by atoms with Gasteiger partial charge in [0.25, 0.3) is 0 Å². The Morgan fingerprint density at radius 3 is 2.42 bits per heavy atom. The number of carbonyl (C=O) groups is 1. The van der Waals surface area contributed by atoms with E-state index in [4.69, 9.17) is 0 Å². The Bertz CT molecular complexity index is 920. The summed E-state index contributed by atoms with van der Waals surface area (Å²) >= 11 is 1.40. The van der Waals surface area contributed by atoms with E-state index in [-0.39, 0.29) is 5.91 Å². The van der Waals surface area contributed by atoms with E-state index in [1.807, 2.05) is 60.9 Å². The number of amides is 1. The van der Waals surface area contributed by atoms with Crippen molar-refractivity contribution in [2.45, 2.75) is 32.5 Å². The Labute approximate surface area is 157 Å². The molecule has 1 aromatic heterocycles. The summed E-state index contributed by atoms with van der Waals surface area (Å²) in [5.41, 5.74) is 4.49. The molecule has 2 aromatic carbocycles. The number of benzene rings is 2. The van der Waals surface area contributed by atoms with Gasteiger partial charge < -0.3 is 5.32 Å². The molecule has 3 aromatic rings. The molecule has 1 amide bonds. The van der Waals surface area contributed by atoms with E-state index in [9.17, 15) is 4.79 Å². The van der Waals surface area contributed by atoms with Crippen LogP contribution in [0.15, 0.2) is 53.7 Å². The summed E-state index contributed by atoms with van der Waals surface area (Å²) in [7, 11) is 0. The van der Waals surface area contributed by atoms with Crippen LogP contribution in [-0.4, -0.2) is 26.4 Å². The maximum atomic E-state index is 12.2. The van der Waals surface area contributed by atoms with Gasteiger partial charge in [-0.2, -0.15) is 0 Å². The van der Waals surface area contributed by atoms with Crippen molar-refractivity contribution in [1.82, 2.24) is 20.1 Å². The van der Waals surface area contributed by atoms with Crippen LogP contribution in [0.2, 0.25) is 0 Å². The molecule has 0 radical (unpaired) electrons. The van der Waals surface area contributed by atoms with E-state index in [0.717, 1.165) is 27.8 Å². The maximum absolute atomic E-state index is 12.2. The Morgan fingerprint density at radius 2 is 1.69 bits per heavy atom. The van der Waals surface area contributed by atoms with Crippen molar-refractivity contribution < 1.29 is 4.79 Å². The number of aromatic nitrogens is 3. The summed E-state index contributed by atoms with van der Waals surface area (Å²) in [4.78, 5) is 12.2. The summed E-state index contributed by atoms with van der Waals surface area (Å²) in [6, 6.07) is 16.1. The van der Waals surface area contributed by atoms with Crippen molar-refractivity contribution in [3.05, 3.63) is 71.0 Å². The maximum Gasteiger partial charge on any atom is 0.230 e. The molecule has 0 unspecified atom stereocenters. The number of aryl methyl sites for hydroxylation is 3. The van der Waals surface area contributed by atoms with Gasteiger partial charge in [-0.15, -0.1) is 10.2 Å². The second-order valence-corrected chi connectivity index (χ2v) is 7.09. The first-order valence-corrected chi connectivity index (χ1v) is 9.47. The Hall–Kier alpha value is -2.60. The number of hydrogen-bond donors (Lipinski definition) is 1. The zero-order valence-electron chi connectivity index (χ0n) is 15.2. The first-order chi connectivity index (χ1) is 12.6. The van der Waals surface area contributed by atoms with Crippen molar-refractivity contribution in [3.8, 4) is 5.69 Å². The Kier molecular flexibility index (Phi) is 5.73. The minimum absolute atomic E-state index is 0.0183. The summed E-state index contributed by atoms with van der Waals surface area (Å²) in [5, 5.41) is 12.1. The van der Waals surface area contributed by atoms with E-state index >= 15 is 0 Å². The molecule has 6 heteroatoms. The highest BCUT2D eigenvalue weighted by molar-refractivity contribution is 7.99. The van der Waals surface area contributed by atoms with Crippen molar-refractivity contribution in [2.24, 2.45) is 0 Å². The highest BCUT2D eigenvalue weighted by Crippen LogP contribution is 2.23. The number of hydrogen-bond acceptors (Lipinski definition) is 4. The fourth-order valence-corrected chi connectivity index (χ4v) is 3.53. The van der Waals surface area contributed by atoms with Crippen LogP contribution < -0.4 is 5.32 Å². The van der Waals surface area contributed by atoms with E-state index < -0.39 is 0 Å². The topological polar surface area (TPSA) is 59.8 Å². The van der Waals surface area contributed by atoms with E-state index in [1.54, 1.807) is 0 Å². The molecule has 0 saturated carbocycles.